The molecule has 1 fully saturated rings. The third-order valence-electron chi connectivity index (χ3n) is 6.73. The van der Waals surface area contributed by atoms with Crippen LogP contribution in [0.2, 0.25) is 5.02 Å². The van der Waals surface area contributed by atoms with Gasteiger partial charge in [-0.05, 0) is 62.2 Å². The minimum absolute atomic E-state index is 0.336. The quantitative estimate of drug-likeness (QED) is 0.390. The van der Waals surface area contributed by atoms with Crippen LogP contribution in [-0.4, -0.2) is 50.6 Å². The average molecular weight is 508 g/mol. The highest BCUT2D eigenvalue weighted by Crippen LogP contribution is 2.34. The molecular formula is C26H27ClFN7O. The Kier molecular flexibility index (Phi) is 6.59. The van der Waals surface area contributed by atoms with Crippen LogP contribution in [0.3, 0.4) is 0 Å². The molecule has 0 unspecified atom stereocenters. The molecule has 0 atom stereocenters. The van der Waals surface area contributed by atoms with Crippen LogP contribution in [-0.2, 0) is 4.79 Å². The maximum Gasteiger partial charge on any atom is 0.237 e. The van der Waals surface area contributed by atoms with Crippen molar-refractivity contribution in [2.45, 2.75) is 31.7 Å². The van der Waals surface area contributed by atoms with Gasteiger partial charge in [0.25, 0.3) is 0 Å². The minimum atomic E-state index is -0.736. The van der Waals surface area contributed by atoms with E-state index < -0.39 is 5.54 Å². The van der Waals surface area contributed by atoms with Crippen molar-refractivity contribution in [3.8, 4) is 17.1 Å². The van der Waals surface area contributed by atoms with E-state index in [2.05, 4.69) is 27.1 Å². The molecule has 0 radical (unpaired) electrons. The number of amides is 1. The second kappa shape index (κ2) is 9.83. The van der Waals surface area contributed by atoms with E-state index in [0.717, 1.165) is 18.7 Å². The Morgan fingerprint density at radius 1 is 1.14 bits per heavy atom. The van der Waals surface area contributed by atoms with Gasteiger partial charge in [-0.25, -0.2) is 19.3 Å². The molecule has 186 valence electrons. The molecule has 4 aromatic rings. The summed E-state index contributed by atoms with van der Waals surface area (Å²) in [7, 11) is 0. The van der Waals surface area contributed by atoms with Gasteiger partial charge in [0.2, 0.25) is 5.91 Å². The lowest BCUT2D eigenvalue weighted by molar-refractivity contribution is -0.125. The number of nitrogens with one attached hydrogen (secondary N) is 1. The van der Waals surface area contributed by atoms with E-state index in [9.17, 15) is 9.18 Å². The Hall–Kier alpha value is -3.56. The molecule has 36 heavy (non-hydrogen) atoms. The largest absolute Gasteiger partial charge is 0.368 e. The number of piperidine rings is 1. The van der Waals surface area contributed by atoms with Crippen LogP contribution in [0.4, 0.5) is 10.2 Å². The van der Waals surface area contributed by atoms with Crippen LogP contribution in [0.15, 0.2) is 54.9 Å². The second-order valence-corrected chi connectivity index (χ2v) is 9.39. The zero-order valence-corrected chi connectivity index (χ0v) is 20.7. The van der Waals surface area contributed by atoms with Crippen LogP contribution < -0.4 is 16.0 Å². The normalized spacial score (nSPS) is 15.4. The van der Waals surface area contributed by atoms with Crippen molar-refractivity contribution in [3.63, 3.8) is 0 Å². The maximum absolute atomic E-state index is 14.9. The smallest absolute Gasteiger partial charge is 0.237 e. The fourth-order valence-corrected chi connectivity index (χ4v) is 4.87. The molecule has 2 aromatic carbocycles. The number of aromatic nitrogens is 4. The van der Waals surface area contributed by atoms with Gasteiger partial charge in [0, 0.05) is 23.8 Å². The molecule has 5 rings (SSSR count). The van der Waals surface area contributed by atoms with Crippen molar-refractivity contribution in [1.82, 2.24) is 24.8 Å². The van der Waals surface area contributed by atoms with E-state index in [0.29, 0.717) is 59.3 Å². The number of hydrogen-bond donors (Lipinski definition) is 2. The molecule has 1 saturated heterocycles. The number of benzene rings is 2. The molecule has 1 aliphatic rings. The highest BCUT2D eigenvalue weighted by Gasteiger charge is 2.40. The van der Waals surface area contributed by atoms with Gasteiger partial charge >= 0.3 is 0 Å². The van der Waals surface area contributed by atoms with Crippen molar-refractivity contribution < 1.29 is 9.18 Å². The van der Waals surface area contributed by atoms with E-state index in [-0.39, 0.29) is 11.7 Å². The number of nitrogens with zero attached hydrogens (tertiary/aromatic N) is 5. The lowest BCUT2D eigenvalue weighted by Crippen LogP contribution is -2.61. The summed E-state index contributed by atoms with van der Waals surface area (Å²) >= 11 is 6.12. The number of carbonyl (C=O) groups excluding carboxylic acids is 1. The van der Waals surface area contributed by atoms with Crippen molar-refractivity contribution in [3.05, 3.63) is 65.7 Å². The van der Waals surface area contributed by atoms with Gasteiger partial charge in [-0.3, -0.25) is 9.36 Å². The van der Waals surface area contributed by atoms with Crippen molar-refractivity contribution >= 4 is 34.5 Å². The number of hydrogen-bond acceptors (Lipinski definition) is 6. The fraction of sp³-hybridized carbons (Fsp3) is 0.308. The first-order valence-electron chi connectivity index (χ1n) is 12.0. The third kappa shape index (κ3) is 4.29. The first kappa shape index (κ1) is 24.1. The Balaban J connectivity index is 1.60. The molecule has 0 saturated carbocycles. The third-order valence-corrected chi connectivity index (χ3v) is 6.98. The summed E-state index contributed by atoms with van der Waals surface area (Å²) in [5.74, 6) is 0.333. The van der Waals surface area contributed by atoms with Gasteiger partial charge in [0.15, 0.2) is 17.0 Å². The number of halogens is 2. The Morgan fingerprint density at radius 2 is 1.86 bits per heavy atom. The van der Waals surface area contributed by atoms with Crippen LogP contribution in [0.25, 0.3) is 28.2 Å². The zero-order chi connectivity index (χ0) is 25.3. The number of primary amides is 1. The number of anilines is 1. The molecule has 0 bridgehead atoms. The number of imidazole rings is 1. The first-order chi connectivity index (χ1) is 17.4. The monoisotopic (exact) mass is 507 g/mol. The van der Waals surface area contributed by atoms with Gasteiger partial charge in [-0.15, -0.1) is 0 Å². The van der Waals surface area contributed by atoms with E-state index in [1.807, 2.05) is 16.7 Å². The van der Waals surface area contributed by atoms with E-state index in [1.54, 1.807) is 30.3 Å². The van der Waals surface area contributed by atoms with Crippen LogP contribution in [0.1, 0.15) is 26.2 Å². The maximum atomic E-state index is 14.9. The Bertz CT molecular complexity index is 1400. The van der Waals surface area contributed by atoms with E-state index >= 15 is 0 Å². The Morgan fingerprint density at radius 3 is 2.53 bits per heavy atom. The average Bonchev–Trinajstić information content (AvgIpc) is 3.28. The van der Waals surface area contributed by atoms with Gasteiger partial charge in [0.1, 0.15) is 23.5 Å². The van der Waals surface area contributed by atoms with E-state index in [1.165, 1.54) is 12.4 Å². The SMILES string of the molecule is CCCNC1(C(N)=O)CCN(c2ncnc3c2nc(-c2ccccc2F)n3-c2ccc(Cl)cc2)CC1. The molecule has 1 amide bonds. The minimum Gasteiger partial charge on any atom is -0.368 e. The standard InChI is InChI=1S/C26H27ClFN7O/c1-2-13-32-26(25(29)36)11-14-34(15-12-26)23-21-24(31-16-30-23)35(18-9-7-17(27)8-10-18)22(33-21)19-5-3-4-6-20(19)28/h3-10,16,32H,2,11-15H2,1H3,(H2,29,36). The summed E-state index contributed by atoms with van der Waals surface area (Å²) in [4.78, 5) is 28.3. The number of fused-ring (bicyclic) bond motifs is 1. The summed E-state index contributed by atoms with van der Waals surface area (Å²) < 4.78 is 16.7. The van der Waals surface area contributed by atoms with Crippen molar-refractivity contribution in [2.75, 3.05) is 24.5 Å². The highest BCUT2D eigenvalue weighted by molar-refractivity contribution is 6.30. The van der Waals surface area contributed by atoms with Crippen LogP contribution in [0.5, 0.6) is 0 Å². The summed E-state index contributed by atoms with van der Waals surface area (Å²) in [6.45, 7) is 3.90. The lowest BCUT2D eigenvalue weighted by Gasteiger charge is -2.40. The van der Waals surface area contributed by atoms with Crippen molar-refractivity contribution in [1.29, 1.82) is 0 Å². The molecule has 0 aliphatic carbocycles. The zero-order valence-electron chi connectivity index (χ0n) is 19.9. The van der Waals surface area contributed by atoms with Gasteiger partial charge in [0.05, 0.1) is 5.56 Å². The molecule has 10 heteroatoms. The van der Waals surface area contributed by atoms with Crippen molar-refractivity contribution in [2.24, 2.45) is 5.73 Å². The molecule has 8 nitrogen and oxygen atoms in total. The highest BCUT2D eigenvalue weighted by atomic mass is 35.5. The second-order valence-electron chi connectivity index (χ2n) is 8.96. The van der Waals surface area contributed by atoms with Gasteiger partial charge in [-0.2, -0.15) is 0 Å². The predicted octanol–water partition coefficient (Wildman–Crippen LogP) is 4.10. The summed E-state index contributed by atoms with van der Waals surface area (Å²) in [6.07, 6.45) is 3.49. The lowest BCUT2D eigenvalue weighted by atomic mass is 9.86. The summed E-state index contributed by atoms with van der Waals surface area (Å²) in [5.41, 5.74) is 7.26. The first-order valence-corrected chi connectivity index (χ1v) is 12.4. The number of nitrogens with two attached hydrogens (primary N) is 1. The van der Waals surface area contributed by atoms with Gasteiger partial charge < -0.3 is 16.0 Å². The molecular weight excluding hydrogens is 481 g/mol. The fourth-order valence-electron chi connectivity index (χ4n) is 4.74. The molecule has 0 spiro atoms. The Labute approximate surface area is 213 Å². The van der Waals surface area contributed by atoms with E-state index in [4.69, 9.17) is 22.3 Å². The summed E-state index contributed by atoms with van der Waals surface area (Å²) in [5, 5.41) is 3.95. The van der Waals surface area contributed by atoms with Crippen LogP contribution >= 0.6 is 11.6 Å². The summed E-state index contributed by atoms with van der Waals surface area (Å²) in [6, 6.07) is 13.7. The molecule has 1 aliphatic heterocycles. The van der Waals surface area contributed by atoms with Gasteiger partial charge in [-0.1, -0.05) is 30.7 Å². The topological polar surface area (TPSA) is 102 Å². The molecule has 3 N–H and O–H groups in total. The number of carbonyl (C=O) groups is 1. The molecule has 2 aromatic heterocycles. The van der Waals surface area contributed by atoms with Crippen LogP contribution in [0, 0.1) is 5.82 Å². The number of rotatable bonds is 7. The molecule has 3 heterocycles. The predicted molar refractivity (Wildman–Crippen MR) is 139 cm³/mol.